The number of hydrogen-bond donors (Lipinski definition) is 1. The minimum Gasteiger partial charge on any atom is -0.508 e. The topological polar surface area (TPSA) is 50.4 Å². The first-order valence-electron chi connectivity index (χ1n) is 7.03. The number of hydrogen-bond acceptors (Lipinski definition) is 3. The van der Waals surface area contributed by atoms with Crippen LogP contribution in [-0.4, -0.2) is 5.11 Å². The van der Waals surface area contributed by atoms with Crippen LogP contribution in [-0.2, 0) is 0 Å². The normalized spacial score (nSPS) is 11.3. The molecule has 0 amide bonds. The van der Waals surface area contributed by atoms with Crippen LogP contribution in [0.25, 0.3) is 22.1 Å². The van der Waals surface area contributed by atoms with Crippen LogP contribution in [0, 0.1) is 5.82 Å². The smallest absolute Gasteiger partial charge is 0.200 e. The third-order valence-corrected chi connectivity index (χ3v) is 3.54. The summed E-state index contributed by atoms with van der Waals surface area (Å²) in [6.45, 7) is 3.80. The molecule has 3 nitrogen and oxygen atoms in total. The molecule has 0 fully saturated rings. The maximum Gasteiger partial charge on any atom is 0.200 e. The van der Waals surface area contributed by atoms with Crippen molar-refractivity contribution in [1.29, 1.82) is 0 Å². The van der Waals surface area contributed by atoms with Crippen molar-refractivity contribution in [3.63, 3.8) is 0 Å². The van der Waals surface area contributed by atoms with Crippen molar-refractivity contribution >= 4 is 11.0 Å². The summed E-state index contributed by atoms with van der Waals surface area (Å²) >= 11 is 0. The van der Waals surface area contributed by atoms with Gasteiger partial charge in [0.05, 0.1) is 10.9 Å². The van der Waals surface area contributed by atoms with Gasteiger partial charge in [0.2, 0.25) is 5.43 Å². The number of rotatable bonds is 2. The van der Waals surface area contributed by atoms with Gasteiger partial charge in [-0.2, -0.15) is 0 Å². The van der Waals surface area contributed by atoms with E-state index in [0.29, 0.717) is 27.9 Å². The Bertz CT molecular complexity index is 910. The summed E-state index contributed by atoms with van der Waals surface area (Å²) in [5.41, 5.74) is 0.963. The predicted octanol–water partition coefficient (Wildman–Crippen LogP) is 4.43. The number of aromatic hydroxyl groups is 1. The van der Waals surface area contributed by atoms with Crippen LogP contribution in [0.1, 0.15) is 25.5 Å². The molecule has 3 rings (SSSR count). The SMILES string of the molecule is CC(C)c1oc2cc(O)ccc2c(=O)c1-c1cccc(F)c1. The molecule has 3 aromatic rings. The molecule has 0 aliphatic rings. The van der Waals surface area contributed by atoms with Crippen molar-refractivity contribution in [2.45, 2.75) is 19.8 Å². The third-order valence-electron chi connectivity index (χ3n) is 3.54. The fourth-order valence-corrected chi connectivity index (χ4v) is 2.52. The lowest BCUT2D eigenvalue weighted by Gasteiger charge is -2.13. The third kappa shape index (κ3) is 2.37. The maximum atomic E-state index is 13.5. The van der Waals surface area contributed by atoms with Gasteiger partial charge >= 0.3 is 0 Å². The van der Waals surface area contributed by atoms with Gasteiger partial charge in [0, 0.05) is 12.0 Å². The van der Waals surface area contributed by atoms with Crippen molar-refractivity contribution < 1.29 is 13.9 Å². The van der Waals surface area contributed by atoms with Gasteiger partial charge in [-0.25, -0.2) is 4.39 Å². The van der Waals surface area contributed by atoms with Gasteiger partial charge in [0.15, 0.2) is 0 Å². The lowest BCUT2D eigenvalue weighted by atomic mass is 9.97. The highest BCUT2D eigenvalue weighted by molar-refractivity contribution is 5.84. The van der Waals surface area contributed by atoms with E-state index in [9.17, 15) is 14.3 Å². The second-order valence-corrected chi connectivity index (χ2v) is 5.52. The molecule has 0 spiro atoms. The zero-order chi connectivity index (χ0) is 15.9. The van der Waals surface area contributed by atoms with E-state index < -0.39 is 5.82 Å². The largest absolute Gasteiger partial charge is 0.508 e. The Morgan fingerprint density at radius 2 is 1.91 bits per heavy atom. The van der Waals surface area contributed by atoms with E-state index >= 15 is 0 Å². The Morgan fingerprint density at radius 1 is 1.14 bits per heavy atom. The van der Waals surface area contributed by atoms with Crippen molar-refractivity contribution in [2.75, 3.05) is 0 Å². The van der Waals surface area contributed by atoms with Crippen LogP contribution in [0.3, 0.4) is 0 Å². The summed E-state index contributed by atoms with van der Waals surface area (Å²) in [5, 5.41) is 9.92. The molecule has 0 saturated heterocycles. The van der Waals surface area contributed by atoms with E-state index in [-0.39, 0.29) is 17.1 Å². The molecule has 112 valence electrons. The van der Waals surface area contributed by atoms with E-state index in [1.807, 2.05) is 13.8 Å². The van der Waals surface area contributed by atoms with Crippen LogP contribution in [0.2, 0.25) is 0 Å². The summed E-state index contributed by atoms with van der Waals surface area (Å²) in [4.78, 5) is 12.8. The molecule has 0 aliphatic carbocycles. The van der Waals surface area contributed by atoms with Gasteiger partial charge < -0.3 is 9.52 Å². The minimum absolute atomic E-state index is 0.0314. The Hall–Kier alpha value is -2.62. The van der Waals surface area contributed by atoms with Crippen molar-refractivity contribution in [1.82, 2.24) is 0 Å². The van der Waals surface area contributed by atoms with Gasteiger partial charge in [0.25, 0.3) is 0 Å². The van der Waals surface area contributed by atoms with Crippen molar-refractivity contribution in [3.8, 4) is 16.9 Å². The number of benzene rings is 2. The molecule has 1 heterocycles. The summed E-state index contributed by atoms with van der Waals surface area (Å²) in [6, 6.07) is 10.3. The zero-order valence-electron chi connectivity index (χ0n) is 12.3. The summed E-state index contributed by atoms with van der Waals surface area (Å²) in [6.07, 6.45) is 0. The van der Waals surface area contributed by atoms with E-state index in [0.717, 1.165) is 0 Å². The highest BCUT2D eigenvalue weighted by Gasteiger charge is 2.19. The van der Waals surface area contributed by atoms with E-state index in [1.54, 1.807) is 12.1 Å². The Morgan fingerprint density at radius 3 is 2.59 bits per heavy atom. The number of fused-ring (bicyclic) bond motifs is 1. The highest BCUT2D eigenvalue weighted by atomic mass is 19.1. The van der Waals surface area contributed by atoms with Crippen LogP contribution < -0.4 is 5.43 Å². The first kappa shape index (κ1) is 14.3. The fraction of sp³-hybridized carbons (Fsp3) is 0.167. The molecule has 0 unspecified atom stereocenters. The lowest BCUT2D eigenvalue weighted by molar-refractivity contribution is 0.470. The Kier molecular flexibility index (Phi) is 3.45. The van der Waals surface area contributed by atoms with Crippen molar-refractivity contribution in [3.05, 3.63) is 64.3 Å². The predicted molar refractivity (Wildman–Crippen MR) is 83.6 cm³/mol. The van der Waals surface area contributed by atoms with E-state index in [1.165, 1.54) is 30.3 Å². The summed E-state index contributed by atoms with van der Waals surface area (Å²) in [5.74, 6) is 0.0488. The molecule has 4 heteroatoms. The first-order valence-corrected chi connectivity index (χ1v) is 7.03. The number of phenolic OH excluding ortho intramolecular Hbond substituents is 1. The summed E-state index contributed by atoms with van der Waals surface area (Å²) in [7, 11) is 0. The molecule has 0 bridgehead atoms. The fourth-order valence-electron chi connectivity index (χ4n) is 2.52. The molecule has 1 N–H and O–H groups in total. The van der Waals surface area contributed by atoms with Gasteiger partial charge in [-0.15, -0.1) is 0 Å². The first-order chi connectivity index (χ1) is 10.5. The van der Waals surface area contributed by atoms with E-state index in [4.69, 9.17) is 4.42 Å². The molecule has 2 aromatic carbocycles. The summed E-state index contributed by atoms with van der Waals surface area (Å²) < 4.78 is 19.3. The lowest BCUT2D eigenvalue weighted by Crippen LogP contribution is -2.10. The second-order valence-electron chi connectivity index (χ2n) is 5.52. The molecule has 0 aliphatic heterocycles. The van der Waals surface area contributed by atoms with E-state index in [2.05, 4.69) is 0 Å². The maximum absolute atomic E-state index is 13.5. The Balaban J connectivity index is 2.42. The van der Waals surface area contributed by atoms with Crippen LogP contribution >= 0.6 is 0 Å². The minimum atomic E-state index is -0.405. The molecular weight excluding hydrogens is 283 g/mol. The second kappa shape index (κ2) is 5.30. The monoisotopic (exact) mass is 298 g/mol. The number of phenols is 1. The van der Waals surface area contributed by atoms with Crippen LogP contribution in [0.5, 0.6) is 5.75 Å². The molecule has 1 aromatic heterocycles. The quantitative estimate of drug-likeness (QED) is 0.761. The standard InChI is InChI=1S/C18H15FO3/c1-10(2)18-16(11-4-3-5-12(19)8-11)17(21)14-7-6-13(20)9-15(14)22-18/h3-10,20H,1-2H3. The average molecular weight is 298 g/mol. The number of halogens is 1. The molecule has 0 radical (unpaired) electrons. The van der Waals surface area contributed by atoms with Gasteiger partial charge in [-0.3, -0.25) is 4.79 Å². The van der Waals surface area contributed by atoms with Gasteiger partial charge in [0.1, 0.15) is 22.9 Å². The van der Waals surface area contributed by atoms with Gasteiger partial charge in [-0.1, -0.05) is 26.0 Å². The van der Waals surface area contributed by atoms with Crippen LogP contribution in [0.15, 0.2) is 51.7 Å². The molecule has 22 heavy (non-hydrogen) atoms. The highest BCUT2D eigenvalue weighted by Crippen LogP contribution is 2.31. The molecule has 0 saturated carbocycles. The van der Waals surface area contributed by atoms with Crippen LogP contribution in [0.4, 0.5) is 4.39 Å². The molecule has 0 atom stereocenters. The zero-order valence-corrected chi connectivity index (χ0v) is 12.3. The Labute approximate surface area is 126 Å². The average Bonchev–Trinajstić information content (AvgIpc) is 2.46. The molecular formula is C18H15FO3. The van der Waals surface area contributed by atoms with Gasteiger partial charge in [-0.05, 0) is 29.8 Å². The van der Waals surface area contributed by atoms with Crippen molar-refractivity contribution in [2.24, 2.45) is 0 Å².